The zero-order valence-corrected chi connectivity index (χ0v) is 17.7. The number of para-hydroxylation sites is 1. The molecule has 0 fully saturated rings. The Morgan fingerprint density at radius 3 is 2.52 bits per heavy atom. The summed E-state index contributed by atoms with van der Waals surface area (Å²) >= 11 is 0. The predicted octanol–water partition coefficient (Wildman–Crippen LogP) is 4.35. The molecular weight excluding hydrogens is 396 g/mol. The third-order valence-electron chi connectivity index (χ3n) is 4.07. The van der Waals surface area contributed by atoms with Crippen LogP contribution in [-0.4, -0.2) is 31.7 Å². The number of amides is 1. The molecule has 0 unspecified atom stereocenters. The highest BCUT2D eigenvalue weighted by atomic mass is 16.5. The second kappa shape index (κ2) is 12.7. The molecule has 2 aromatic carbocycles. The van der Waals surface area contributed by atoms with Crippen molar-refractivity contribution in [1.29, 1.82) is 5.26 Å². The zero-order chi connectivity index (χ0) is 22.5. The lowest BCUT2D eigenvalue weighted by Crippen LogP contribution is -2.20. The molecule has 0 saturated carbocycles. The highest BCUT2D eigenvalue weighted by Crippen LogP contribution is 2.29. The van der Waals surface area contributed by atoms with E-state index in [0.717, 1.165) is 12.8 Å². The smallest absolute Gasteiger partial charge is 0.348 e. The number of benzene rings is 2. The van der Waals surface area contributed by atoms with Crippen molar-refractivity contribution in [2.24, 2.45) is 0 Å². The average Bonchev–Trinajstić information content (AvgIpc) is 2.78. The number of hydrogen-bond acceptors (Lipinski definition) is 6. The Hall–Kier alpha value is -3.79. The van der Waals surface area contributed by atoms with Gasteiger partial charge in [0, 0.05) is 5.69 Å². The van der Waals surface area contributed by atoms with Crippen LogP contribution in [0.3, 0.4) is 0 Å². The van der Waals surface area contributed by atoms with Crippen LogP contribution < -0.4 is 14.8 Å². The Balaban J connectivity index is 2.08. The number of carbonyl (C=O) groups is 2. The average molecular weight is 422 g/mol. The van der Waals surface area contributed by atoms with E-state index >= 15 is 0 Å². The first-order valence-corrected chi connectivity index (χ1v) is 10.1. The molecular formula is C24H26N2O5. The molecule has 0 spiro atoms. The Labute approximate surface area is 182 Å². The van der Waals surface area contributed by atoms with Gasteiger partial charge in [-0.3, -0.25) is 4.79 Å². The Morgan fingerprint density at radius 1 is 1.06 bits per heavy atom. The van der Waals surface area contributed by atoms with E-state index in [1.807, 2.05) is 38.1 Å². The highest BCUT2D eigenvalue weighted by molar-refractivity contribution is 5.98. The first-order valence-electron chi connectivity index (χ1n) is 10.1. The molecule has 0 aliphatic heterocycles. The van der Waals surface area contributed by atoms with Gasteiger partial charge in [-0.05, 0) is 49.2 Å². The van der Waals surface area contributed by atoms with Gasteiger partial charge >= 0.3 is 5.97 Å². The van der Waals surface area contributed by atoms with E-state index < -0.39 is 5.97 Å². The van der Waals surface area contributed by atoms with Gasteiger partial charge in [0.05, 0.1) is 13.2 Å². The number of carbonyl (C=O) groups excluding carboxylic acids is 2. The number of rotatable bonds is 11. The number of anilines is 1. The molecule has 1 N–H and O–H groups in total. The first kappa shape index (κ1) is 23.5. The van der Waals surface area contributed by atoms with Gasteiger partial charge in [0.1, 0.15) is 11.6 Å². The SMILES string of the molecule is CCCCOC(=O)/C(C#N)=C/c1ccc(OCC(=O)Nc2ccccc2)c(OCC)c1. The summed E-state index contributed by atoms with van der Waals surface area (Å²) in [5, 5.41) is 12.0. The largest absolute Gasteiger partial charge is 0.490 e. The molecule has 1 amide bonds. The maximum absolute atomic E-state index is 12.1. The Bertz CT molecular complexity index is 948. The predicted molar refractivity (Wildman–Crippen MR) is 118 cm³/mol. The molecule has 2 aromatic rings. The van der Waals surface area contributed by atoms with E-state index in [-0.39, 0.29) is 24.7 Å². The van der Waals surface area contributed by atoms with Crippen LogP contribution in [0.1, 0.15) is 32.3 Å². The fraction of sp³-hybridized carbons (Fsp3) is 0.292. The van der Waals surface area contributed by atoms with Crippen LogP contribution in [0, 0.1) is 11.3 Å². The summed E-state index contributed by atoms with van der Waals surface area (Å²) in [6.45, 7) is 4.26. The molecule has 0 atom stereocenters. The molecule has 7 nitrogen and oxygen atoms in total. The summed E-state index contributed by atoms with van der Waals surface area (Å²) in [6, 6.07) is 15.9. The van der Waals surface area contributed by atoms with Crippen LogP contribution in [0.2, 0.25) is 0 Å². The first-order chi connectivity index (χ1) is 15.1. The number of nitrogens with zero attached hydrogens (tertiary/aromatic N) is 1. The quantitative estimate of drug-likeness (QED) is 0.250. The molecule has 31 heavy (non-hydrogen) atoms. The normalized spacial score (nSPS) is 10.7. The van der Waals surface area contributed by atoms with Crippen molar-refractivity contribution in [3.8, 4) is 17.6 Å². The number of esters is 1. The van der Waals surface area contributed by atoms with Gasteiger partial charge in [-0.15, -0.1) is 0 Å². The van der Waals surface area contributed by atoms with Gasteiger partial charge in [-0.1, -0.05) is 37.6 Å². The van der Waals surface area contributed by atoms with Crippen molar-refractivity contribution >= 4 is 23.6 Å². The minimum atomic E-state index is -0.660. The molecule has 7 heteroatoms. The molecule has 0 aliphatic rings. The van der Waals surface area contributed by atoms with Crippen LogP contribution in [0.5, 0.6) is 11.5 Å². The summed E-state index contributed by atoms with van der Waals surface area (Å²) in [5.41, 5.74) is 1.15. The summed E-state index contributed by atoms with van der Waals surface area (Å²) in [7, 11) is 0. The van der Waals surface area contributed by atoms with E-state index in [2.05, 4.69) is 5.32 Å². The second-order valence-electron chi connectivity index (χ2n) is 6.50. The lowest BCUT2D eigenvalue weighted by molar-refractivity contribution is -0.138. The number of nitrogens with one attached hydrogen (secondary N) is 1. The molecule has 0 aromatic heterocycles. The van der Waals surface area contributed by atoms with Crippen molar-refractivity contribution in [2.45, 2.75) is 26.7 Å². The minimum Gasteiger partial charge on any atom is -0.490 e. The number of unbranched alkanes of at least 4 members (excludes halogenated alkanes) is 1. The van der Waals surface area contributed by atoms with Crippen molar-refractivity contribution < 1.29 is 23.8 Å². The molecule has 0 heterocycles. The van der Waals surface area contributed by atoms with Gasteiger partial charge in [-0.25, -0.2) is 4.79 Å². The van der Waals surface area contributed by atoms with E-state index in [4.69, 9.17) is 14.2 Å². The lowest BCUT2D eigenvalue weighted by atomic mass is 10.1. The standard InChI is InChI=1S/C24H26N2O5/c1-3-5-13-30-24(28)19(16-25)14-18-11-12-21(22(15-18)29-4-2)31-17-23(27)26-20-9-7-6-8-10-20/h6-12,14-15H,3-5,13,17H2,1-2H3,(H,26,27)/b19-14+. The molecule has 0 aliphatic carbocycles. The monoisotopic (exact) mass is 422 g/mol. The maximum atomic E-state index is 12.1. The molecule has 0 saturated heterocycles. The van der Waals surface area contributed by atoms with Crippen LogP contribution in [0.4, 0.5) is 5.69 Å². The summed E-state index contributed by atoms with van der Waals surface area (Å²) < 4.78 is 16.3. The second-order valence-corrected chi connectivity index (χ2v) is 6.50. The molecule has 0 radical (unpaired) electrons. The van der Waals surface area contributed by atoms with Crippen molar-refractivity contribution in [3.63, 3.8) is 0 Å². The van der Waals surface area contributed by atoms with Crippen LogP contribution >= 0.6 is 0 Å². The fourth-order valence-corrected chi connectivity index (χ4v) is 2.55. The molecule has 0 bridgehead atoms. The number of hydrogen-bond donors (Lipinski definition) is 1. The van der Waals surface area contributed by atoms with Gasteiger partial charge in [0.25, 0.3) is 5.91 Å². The van der Waals surface area contributed by atoms with E-state index in [1.54, 1.807) is 30.3 Å². The van der Waals surface area contributed by atoms with Gasteiger partial charge in [0.15, 0.2) is 18.1 Å². The third-order valence-corrected chi connectivity index (χ3v) is 4.07. The third kappa shape index (κ3) is 7.86. The fourth-order valence-electron chi connectivity index (χ4n) is 2.55. The van der Waals surface area contributed by atoms with E-state index in [0.29, 0.717) is 29.4 Å². The topological polar surface area (TPSA) is 97.7 Å². The Morgan fingerprint density at radius 2 is 1.84 bits per heavy atom. The van der Waals surface area contributed by atoms with Crippen molar-refractivity contribution in [1.82, 2.24) is 0 Å². The number of nitriles is 1. The van der Waals surface area contributed by atoms with Gasteiger partial charge < -0.3 is 19.5 Å². The lowest BCUT2D eigenvalue weighted by Gasteiger charge is -2.13. The van der Waals surface area contributed by atoms with Gasteiger partial charge in [0.2, 0.25) is 0 Å². The van der Waals surface area contributed by atoms with E-state index in [1.165, 1.54) is 6.08 Å². The van der Waals surface area contributed by atoms with Crippen LogP contribution in [0.15, 0.2) is 54.1 Å². The molecule has 2 rings (SSSR count). The summed E-state index contributed by atoms with van der Waals surface area (Å²) in [6.07, 6.45) is 3.06. The van der Waals surface area contributed by atoms with Crippen LogP contribution in [0.25, 0.3) is 6.08 Å². The zero-order valence-electron chi connectivity index (χ0n) is 17.7. The minimum absolute atomic E-state index is 0.102. The Kier molecular flexibility index (Phi) is 9.63. The van der Waals surface area contributed by atoms with Gasteiger partial charge in [-0.2, -0.15) is 5.26 Å². The van der Waals surface area contributed by atoms with Crippen molar-refractivity contribution in [2.75, 3.05) is 25.1 Å². The van der Waals surface area contributed by atoms with Crippen molar-refractivity contribution in [3.05, 3.63) is 59.7 Å². The number of ether oxygens (including phenoxy) is 3. The highest BCUT2D eigenvalue weighted by Gasteiger charge is 2.13. The summed E-state index contributed by atoms with van der Waals surface area (Å²) in [5.74, 6) is -0.183. The maximum Gasteiger partial charge on any atom is 0.348 e. The van der Waals surface area contributed by atoms with Crippen LogP contribution in [-0.2, 0) is 14.3 Å². The van der Waals surface area contributed by atoms with E-state index in [9.17, 15) is 14.9 Å². The summed E-state index contributed by atoms with van der Waals surface area (Å²) in [4.78, 5) is 24.2. The molecule has 162 valence electrons.